The van der Waals surface area contributed by atoms with E-state index in [0.717, 1.165) is 9.79 Å². The molecule has 28 heavy (non-hydrogen) atoms. The number of anilines is 1. The first-order valence-corrected chi connectivity index (χ1v) is 10.8. The molecule has 0 atom stereocenters. The zero-order valence-corrected chi connectivity index (χ0v) is 16.6. The van der Waals surface area contributed by atoms with E-state index < -0.39 is 15.8 Å². The van der Waals surface area contributed by atoms with E-state index in [9.17, 15) is 13.2 Å². The fourth-order valence-electron chi connectivity index (χ4n) is 2.57. The molecule has 1 heterocycles. The number of hydrogen-bond acceptors (Lipinski definition) is 5. The molecule has 0 amide bonds. The van der Waals surface area contributed by atoms with E-state index in [1.807, 2.05) is 24.3 Å². The lowest BCUT2D eigenvalue weighted by Crippen LogP contribution is -2.13. The quantitative estimate of drug-likeness (QED) is 0.475. The van der Waals surface area contributed by atoms with Gasteiger partial charge in [-0.3, -0.25) is 9.71 Å². The molecular formula is C19H13ClN2O4S2. The molecule has 0 aliphatic carbocycles. The Morgan fingerprint density at radius 1 is 1.00 bits per heavy atom. The molecule has 0 spiro atoms. The maximum atomic E-state index is 12.8. The van der Waals surface area contributed by atoms with Crippen LogP contribution in [0, 0.1) is 0 Å². The molecule has 0 radical (unpaired) electrons. The number of oxazole rings is 1. The van der Waals surface area contributed by atoms with Crippen LogP contribution in [0.5, 0.6) is 0 Å². The Labute approximate surface area is 169 Å². The van der Waals surface area contributed by atoms with Crippen molar-refractivity contribution in [2.24, 2.45) is 0 Å². The zero-order chi connectivity index (χ0) is 19.7. The van der Waals surface area contributed by atoms with Crippen molar-refractivity contribution in [3.05, 3.63) is 82.3 Å². The maximum absolute atomic E-state index is 12.8. The number of hydrogen-bond donors (Lipinski definition) is 2. The summed E-state index contributed by atoms with van der Waals surface area (Å²) in [5.41, 5.74) is 1.05. The van der Waals surface area contributed by atoms with Crippen molar-refractivity contribution in [2.75, 3.05) is 4.72 Å². The van der Waals surface area contributed by atoms with Crippen LogP contribution < -0.4 is 10.5 Å². The Hall–Kier alpha value is -2.68. The van der Waals surface area contributed by atoms with Crippen molar-refractivity contribution in [1.29, 1.82) is 0 Å². The van der Waals surface area contributed by atoms with E-state index in [1.54, 1.807) is 24.3 Å². The lowest BCUT2D eigenvalue weighted by Gasteiger charge is -2.12. The van der Waals surface area contributed by atoms with Crippen LogP contribution in [0.25, 0.3) is 11.1 Å². The number of sulfonamides is 1. The molecule has 6 nitrogen and oxygen atoms in total. The van der Waals surface area contributed by atoms with Crippen molar-refractivity contribution >= 4 is 50.2 Å². The predicted molar refractivity (Wildman–Crippen MR) is 110 cm³/mol. The van der Waals surface area contributed by atoms with Crippen LogP contribution in [-0.4, -0.2) is 13.4 Å². The minimum atomic E-state index is -3.88. The topological polar surface area (TPSA) is 92.2 Å². The molecule has 3 aromatic carbocycles. The van der Waals surface area contributed by atoms with Crippen molar-refractivity contribution in [1.82, 2.24) is 4.98 Å². The summed E-state index contributed by atoms with van der Waals surface area (Å²) in [6, 6.07) is 18.6. The first kappa shape index (κ1) is 18.7. The van der Waals surface area contributed by atoms with Gasteiger partial charge in [0.05, 0.1) is 16.1 Å². The van der Waals surface area contributed by atoms with E-state index in [2.05, 4.69) is 9.71 Å². The van der Waals surface area contributed by atoms with Gasteiger partial charge in [0.25, 0.3) is 10.0 Å². The summed E-state index contributed by atoms with van der Waals surface area (Å²) in [4.78, 5) is 15.4. The lowest BCUT2D eigenvalue weighted by atomic mass is 10.3. The number of fused-ring (bicyclic) bond motifs is 1. The van der Waals surface area contributed by atoms with Crippen LogP contribution in [0.4, 0.5) is 5.69 Å². The highest BCUT2D eigenvalue weighted by molar-refractivity contribution is 7.99. The third-order valence-corrected chi connectivity index (χ3v) is 6.57. The van der Waals surface area contributed by atoms with Crippen molar-refractivity contribution in [2.45, 2.75) is 14.7 Å². The molecular weight excluding hydrogens is 420 g/mol. The smallest absolute Gasteiger partial charge is 0.408 e. The normalized spacial score (nSPS) is 11.6. The number of nitrogens with one attached hydrogen (secondary N) is 2. The van der Waals surface area contributed by atoms with Crippen LogP contribution in [0.15, 0.2) is 90.6 Å². The van der Waals surface area contributed by atoms with Crippen molar-refractivity contribution in [3.63, 3.8) is 0 Å². The maximum Gasteiger partial charge on any atom is 0.417 e. The van der Waals surface area contributed by atoms with E-state index in [4.69, 9.17) is 16.0 Å². The average molecular weight is 433 g/mol. The van der Waals surface area contributed by atoms with Gasteiger partial charge in [0.2, 0.25) is 0 Å². The fourth-order valence-corrected chi connectivity index (χ4v) is 4.75. The highest BCUT2D eigenvalue weighted by Crippen LogP contribution is 2.35. The monoisotopic (exact) mass is 432 g/mol. The fraction of sp³-hybridized carbons (Fsp3) is 0. The van der Waals surface area contributed by atoms with Gasteiger partial charge in [-0.2, -0.15) is 0 Å². The molecule has 0 bridgehead atoms. The molecule has 1 aromatic heterocycles. The Bertz CT molecular complexity index is 1310. The first-order chi connectivity index (χ1) is 13.4. The second-order valence-electron chi connectivity index (χ2n) is 5.83. The Morgan fingerprint density at radius 3 is 2.54 bits per heavy atom. The van der Waals surface area contributed by atoms with Gasteiger partial charge in [0.1, 0.15) is 0 Å². The molecule has 4 aromatic rings. The summed E-state index contributed by atoms with van der Waals surface area (Å²) >= 11 is 7.33. The number of aromatic amines is 1. The molecule has 9 heteroatoms. The Morgan fingerprint density at radius 2 is 1.75 bits per heavy atom. The summed E-state index contributed by atoms with van der Waals surface area (Å²) in [5, 5.41) is 0.630. The van der Waals surface area contributed by atoms with Gasteiger partial charge in [0.15, 0.2) is 5.58 Å². The second kappa shape index (κ2) is 7.38. The third-order valence-electron chi connectivity index (χ3n) is 3.88. The minimum Gasteiger partial charge on any atom is -0.408 e. The summed E-state index contributed by atoms with van der Waals surface area (Å²) in [6.07, 6.45) is 0. The third kappa shape index (κ3) is 3.94. The van der Waals surface area contributed by atoms with Crippen molar-refractivity contribution < 1.29 is 12.8 Å². The summed E-state index contributed by atoms with van der Waals surface area (Å²) < 4.78 is 33.2. The van der Waals surface area contributed by atoms with Gasteiger partial charge in [-0.1, -0.05) is 35.5 Å². The van der Waals surface area contributed by atoms with Gasteiger partial charge < -0.3 is 4.42 Å². The molecule has 0 saturated carbocycles. The standard InChI is InChI=1S/C19H13ClN2O4S2/c20-12-5-7-13(8-6-12)27-18-4-2-1-3-16(18)22-28(24,25)14-9-10-15-17(11-14)26-19(23)21-15/h1-11,22H,(H,21,23). The number of H-pyrrole nitrogens is 1. The number of halogens is 1. The largest absolute Gasteiger partial charge is 0.417 e. The first-order valence-electron chi connectivity index (χ1n) is 8.09. The van der Waals surface area contributed by atoms with Gasteiger partial charge in [-0.15, -0.1) is 0 Å². The summed E-state index contributed by atoms with van der Waals surface area (Å²) in [7, 11) is -3.88. The van der Waals surface area contributed by atoms with E-state index in [0.29, 0.717) is 16.2 Å². The summed E-state index contributed by atoms with van der Waals surface area (Å²) in [5.74, 6) is -0.637. The number of benzene rings is 3. The molecule has 2 N–H and O–H groups in total. The highest BCUT2D eigenvalue weighted by atomic mass is 35.5. The molecule has 0 unspecified atom stereocenters. The Kier molecular flexibility index (Phi) is 4.92. The zero-order valence-electron chi connectivity index (χ0n) is 14.2. The molecule has 4 rings (SSSR count). The second-order valence-corrected chi connectivity index (χ2v) is 9.06. The molecule has 0 saturated heterocycles. The lowest BCUT2D eigenvalue weighted by molar-refractivity contribution is 0.554. The van der Waals surface area contributed by atoms with Crippen LogP contribution in [0.3, 0.4) is 0 Å². The van der Waals surface area contributed by atoms with Crippen molar-refractivity contribution in [3.8, 4) is 0 Å². The summed E-state index contributed by atoms with van der Waals surface area (Å²) in [6.45, 7) is 0. The predicted octanol–water partition coefficient (Wildman–Crippen LogP) is 4.73. The highest BCUT2D eigenvalue weighted by Gasteiger charge is 2.18. The van der Waals surface area contributed by atoms with Crippen LogP contribution in [0.2, 0.25) is 5.02 Å². The van der Waals surface area contributed by atoms with E-state index in [-0.39, 0.29) is 10.5 Å². The average Bonchev–Trinajstić information content (AvgIpc) is 3.04. The van der Waals surface area contributed by atoms with E-state index in [1.165, 1.54) is 30.0 Å². The van der Waals surface area contributed by atoms with Gasteiger partial charge in [-0.05, 0) is 48.5 Å². The number of rotatable bonds is 5. The SMILES string of the molecule is O=c1[nH]c2ccc(S(=O)(=O)Nc3ccccc3Sc3ccc(Cl)cc3)cc2o1. The van der Waals surface area contributed by atoms with E-state index >= 15 is 0 Å². The molecule has 0 aliphatic heterocycles. The molecule has 0 fully saturated rings. The van der Waals surface area contributed by atoms with Crippen LogP contribution in [-0.2, 0) is 10.0 Å². The molecule has 142 valence electrons. The van der Waals surface area contributed by atoms with Crippen LogP contribution in [0.1, 0.15) is 0 Å². The minimum absolute atomic E-state index is 0.00551. The van der Waals surface area contributed by atoms with Gasteiger partial charge in [0, 0.05) is 20.9 Å². The number of para-hydroxylation sites is 1. The molecule has 0 aliphatic rings. The van der Waals surface area contributed by atoms with Crippen LogP contribution >= 0.6 is 23.4 Å². The number of aromatic nitrogens is 1. The Balaban J connectivity index is 1.65. The van der Waals surface area contributed by atoms with Gasteiger partial charge in [-0.25, -0.2) is 13.2 Å². The van der Waals surface area contributed by atoms with Gasteiger partial charge >= 0.3 is 5.76 Å².